The number of hydrogen-bond donors (Lipinski definition) is 2. The van der Waals surface area contributed by atoms with Gasteiger partial charge in [-0.2, -0.15) is 0 Å². The quantitative estimate of drug-likeness (QED) is 0.808. The number of carboxylic acids is 1. The van der Waals surface area contributed by atoms with Crippen LogP contribution in [0.2, 0.25) is 0 Å². The number of amides is 2. The molecular weight excluding hydrogens is 272 g/mol. The van der Waals surface area contributed by atoms with Crippen LogP contribution < -0.4 is 5.32 Å². The molecule has 2 amide bonds. The minimum absolute atomic E-state index is 0.113. The topological polar surface area (TPSA) is 78.9 Å². The Morgan fingerprint density at radius 1 is 1.33 bits per heavy atom. The van der Waals surface area contributed by atoms with Crippen LogP contribution in [0.15, 0.2) is 0 Å². The summed E-state index contributed by atoms with van der Waals surface area (Å²) in [6.45, 7) is 3.32. The van der Waals surface area contributed by atoms with E-state index >= 15 is 0 Å². The number of carboxylic acid groups (broad SMARTS) is 1. The van der Waals surface area contributed by atoms with Crippen molar-refractivity contribution in [1.29, 1.82) is 0 Å². The van der Waals surface area contributed by atoms with Crippen molar-refractivity contribution >= 4 is 12.0 Å². The zero-order chi connectivity index (χ0) is 15.0. The van der Waals surface area contributed by atoms with E-state index in [-0.39, 0.29) is 12.1 Å². The number of nitrogens with one attached hydrogen (secondary N) is 1. The minimum atomic E-state index is -0.820. The largest absolute Gasteiger partial charge is 0.481 e. The maximum atomic E-state index is 12.4. The molecule has 0 spiro atoms. The number of aliphatic carboxylic acids is 1. The zero-order valence-corrected chi connectivity index (χ0v) is 12.5. The minimum Gasteiger partial charge on any atom is -0.481 e. The van der Waals surface area contributed by atoms with Crippen molar-refractivity contribution < 1.29 is 19.4 Å². The third-order valence-corrected chi connectivity index (χ3v) is 5.37. The molecule has 1 aliphatic carbocycles. The Morgan fingerprint density at radius 3 is 2.86 bits per heavy atom. The van der Waals surface area contributed by atoms with Crippen molar-refractivity contribution in [3.8, 4) is 0 Å². The lowest BCUT2D eigenvalue weighted by atomic mass is 9.82. The summed E-state index contributed by atoms with van der Waals surface area (Å²) in [5, 5.41) is 12.4. The average Bonchev–Trinajstić information content (AvgIpc) is 3.06. The molecule has 0 radical (unpaired) electrons. The number of carbonyl (C=O) groups is 2. The van der Waals surface area contributed by atoms with Crippen LogP contribution in [-0.4, -0.2) is 53.8 Å². The van der Waals surface area contributed by atoms with Crippen molar-refractivity contribution in [2.75, 3.05) is 19.7 Å². The highest BCUT2D eigenvalue weighted by Crippen LogP contribution is 2.35. The summed E-state index contributed by atoms with van der Waals surface area (Å²) in [5.74, 6) is -0.393. The normalized spacial score (nSPS) is 39.1. The smallest absolute Gasteiger partial charge is 0.317 e. The first-order valence-electron chi connectivity index (χ1n) is 7.90. The van der Waals surface area contributed by atoms with Gasteiger partial charge in [-0.25, -0.2) is 4.79 Å². The lowest BCUT2D eigenvalue weighted by molar-refractivity contribution is -0.147. The van der Waals surface area contributed by atoms with Gasteiger partial charge in [0.25, 0.3) is 0 Å². The predicted octanol–water partition coefficient (Wildman–Crippen LogP) is 1.45. The monoisotopic (exact) mass is 296 g/mol. The summed E-state index contributed by atoms with van der Waals surface area (Å²) in [6.07, 6.45) is 5.02. The lowest BCUT2D eigenvalue weighted by Crippen LogP contribution is -2.50. The molecule has 1 saturated carbocycles. The number of urea groups is 1. The fourth-order valence-electron chi connectivity index (χ4n) is 3.91. The maximum absolute atomic E-state index is 12.4. The summed E-state index contributed by atoms with van der Waals surface area (Å²) < 4.78 is 5.72. The van der Waals surface area contributed by atoms with Crippen molar-refractivity contribution in [3.05, 3.63) is 0 Å². The van der Waals surface area contributed by atoms with E-state index in [0.717, 1.165) is 32.3 Å². The molecule has 4 unspecified atom stereocenters. The summed E-state index contributed by atoms with van der Waals surface area (Å²) in [6, 6.07) is 0.0629. The first-order valence-corrected chi connectivity index (χ1v) is 7.90. The highest BCUT2D eigenvalue weighted by molar-refractivity contribution is 5.79. The molecule has 0 aromatic heterocycles. The zero-order valence-electron chi connectivity index (χ0n) is 12.5. The van der Waals surface area contributed by atoms with Crippen LogP contribution in [0.4, 0.5) is 4.79 Å². The van der Waals surface area contributed by atoms with Gasteiger partial charge in [-0.05, 0) is 39.0 Å². The van der Waals surface area contributed by atoms with Gasteiger partial charge >= 0.3 is 12.0 Å². The number of nitrogens with zero attached hydrogens (tertiary/aromatic N) is 1. The van der Waals surface area contributed by atoms with Crippen molar-refractivity contribution in [2.24, 2.45) is 11.3 Å². The second-order valence-electron chi connectivity index (χ2n) is 6.89. The second-order valence-corrected chi connectivity index (χ2v) is 6.89. The van der Waals surface area contributed by atoms with Gasteiger partial charge in [-0.1, -0.05) is 0 Å². The molecule has 0 bridgehead atoms. The van der Waals surface area contributed by atoms with Crippen LogP contribution >= 0.6 is 0 Å². The Morgan fingerprint density at radius 2 is 2.14 bits per heavy atom. The van der Waals surface area contributed by atoms with Crippen LogP contribution in [0.3, 0.4) is 0 Å². The van der Waals surface area contributed by atoms with E-state index in [1.165, 1.54) is 0 Å². The number of rotatable bonds is 2. The fourth-order valence-corrected chi connectivity index (χ4v) is 3.91. The number of fused-ring (bicyclic) bond motifs is 1. The van der Waals surface area contributed by atoms with Crippen LogP contribution in [0, 0.1) is 11.3 Å². The second kappa shape index (κ2) is 5.48. The summed E-state index contributed by atoms with van der Waals surface area (Å²) >= 11 is 0. The molecular formula is C15H24N2O4. The first kappa shape index (κ1) is 14.6. The number of ether oxygens (including phenoxy) is 1. The number of hydrogen-bond acceptors (Lipinski definition) is 3. The third kappa shape index (κ3) is 2.73. The maximum Gasteiger partial charge on any atom is 0.317 e. The van der Waals surface area contributed by atoms with E-state index in [1.807, 2.05) is 0 Å². The Kier molecular flexibility index (Phi) is 3.82. The number of likely N-dealkylation sites (tertiary alicyclic amines) is 1. The van der Waals surface area contributed by atoms with E-state index < -0.39 is 11.4 Å². The van der Waals surface area contributed by atoms with Gasteiger partial charge < -0.3 is 20.1 Å². The molecule has 6 heteroatoms. The summed E-state index contributed by atoms with van der Waals surface area (Å²) in [7, 11) is 0. The highest BCUT2D eigenvalue weighted by Gasteiger charge is 2.44. The van der Waals surface area contributed by atoms with Gasteiger partial charge in [-0.15, -0.1) is 0 Å². The van der Waals surface area contributed by atoms with Crippen molar-refractivity contribution in [2.45, 2.75) is 51.2 Å². The van der Waals surface area contributed by atoms with Crippen LogP contribution in [0.5, 0.6) is 0 Å². The van der Waals surface area contributed by atoms with Gasteiger partial charge in [0.1, 0.15) is 0 Å². The Labute approximate surface area is 124 Å². The Hall–Kier alpha value is -1.30. The van der Waals surface area contributed by atoms with E-state index in [9.17, 15) is 14.7 Å². The van der Waals surface area contributed by atoms with Crippen LogP contribution in [-0.2, 0) is 9.53 Å². The SMILES string of the molecule is CC1(C(=O)O)CCN(C(=O)NC2CCCC3OCCC23)C1. The molecule has 6 nitrogen and oxygen atoms in total. The Balaban J connectivity index is 1.58. The summed E-state index contributed by atoms with van der Waals surface area (Å²) in [4.78, 5) is 25.3. The predicted molar refractivity (Wildman–Crippen MR) is 76.0 cm³/mol. The van der Waals surface area contributed by atoms with E-state index in [4.69, 9.17) is 4.74 Å². The molecule has 0 aromatic rings. The van der Waals surface area contributed by atoms with Gasteiger partial charge in [0.05, 0.1) is 11.5 Å². The fraction of sp³-hybridized carbons (Fsp3) is 0.867. The highest BCUT2D eigenvalue weighted by atomic mass is 16.5. The molecule has 4 atom stereocenters. The lowest BCUT2D eigenvalue weighted by Gasteiger charge is -2.34. The van der Waals surface area contributed by atoms with E-state index in [0.29, 0.717) is 31.5 Å². The van der Waals surface area contributed by atoms with Gasteiger partial charge in [-0.3, -0.25) is 4.79 Å². The molecule has 2 aliphatic heterocycles. The molecule has 118 valence electrons. The molecule has 2 heterocycles. The van der Waals surface area contributed by atoms with Gasteiger partial charge in [0.15, 0.2) is 0 Å². The number of carbonyl (C=O) groups excluding carboxylic acids is 1. The third-order valence-electron chi connectivity index (χ3n) is 5.37. The molecule has 3 aliphatic rings. The molecule has 2 saturated heterocycles. The summed E-state index contributed by atoms with van der Waals surface area (Å²) in [5.41, 5.74) is -0.803. The molecule has 3 fully saturated rings. The van der Waals surface area contributed by atoms with Crippen molar-refractivity contribution in [3.63, 3.8) is 0 Å². The molecule has 3 rings (SSSR count). The van der Waals surface area contributed by atoms with E-state index in [1.54, 1.807) is 11.8 Å². The van der Waals surface area contributed by atoms with Crippen molar-refractivity contribution in [1.82, 2.24) is 10.2 Å². The molecule has 2 N–H and O–H groups in total. The van der Waals surface area contributed by atoms with Crippen LogP contribution in [0.1, 0.15) is 39.0 Å². The standard InChI is InChI=1S/C15H24N2O4/c1-15(13(18)19)6-7-17(9-15)14(20)16-11-3-2-4-12-10(11)5-8-21-12/h10-12H,2-9H2,1H3,(H,16,20)(H,18,19). The van der Waals surface area contributed by atoms with Gasteiger partial charge in [0, 0.05) is 31.7 Å². The molecule has 21 heavy (non-hydrogen) atoms. The Bertz CT molecular complexity index is 441. The average molecular weight is 296 g/mol. The van der Waals surface area contributed by atoms with Gasteiger partial charge in [0.2, 0.25) is 0 Å². The van der Waals surface area contributed by atoms with E-state index in [2.05, 4.69) is 5.32 Å². The van der Waals surface area contributed by atoms with Crippen LogP contribution in [0.25, 0.3) is 0 Å². The molecule has 0 aromatic carbocycles. The first-order chi connectivity index (χ1) is 9.99.